The van der Waals surface area contributed by atoms with Gasteiger partial charge in [-0.15, -0.1) is 0 Å². The zero-order chi connectivity index (χ0) is 13.5. The molecule has 0 amide bonds. The molecule has 2 aromatic heterocycles. The molecule has 0 saturated heterocycles. The second-order valence-corrected chi connectivity index (χ2v) is 5.83. The van der Waals surface area contributed by atoms with Crippen molar-refractivity contribution in [2.45, 2.75) is 38.6 Å². The monoisotopic (exact) mass is 272 g/mol. The number of nitrogens with one attached hydrogen (secondary N) is 2. The summed E-state index contributed by atoms with van der Waals surface area (Å²) in [6, 6.07) is 0.659. The van der Waals surface area contributed by atoms with Crippen LogP contribution in [0.4, 0.5) is 11.8 Å². The molecule has 2 heterocycles. The van der Waals surface area contributed by atoms with E-state index in [-0.39, 0.29) is 0 Å². The van der Waals surface area contributed by atoms with Gasteiger partial charge >= 0.3 is 0 Å². The summed E-state index contributed by atoms with van der Waals surface area (Å²) in [7, 11) is 0. The Morgan fingerprint density at radius 2 is 2.15 bits per heavy atom. The molecule has 20 heavy (non-hydrogen) atoms. The highest BCUT2D eigenvalue weighted by Crippen LogP contribution is 2.38. The molecule has 0 spiro atoms. The predicted octanol–water partition coefficient (Wildman–Crippen LogP) is 2.16. The highest BCUT2D eigenvalue weighted by molar-refractivity contribution is 5.84. The molecule has 106 valence electrons. The molecule has 0 atom stereocenters. The lowest BCUT2D eigenvalue weighted by molar-refractivity contribution is 0.710. The maximum atomic E-state index is 4.74. The van der Waals surface area contributed by atoms with Gasteiger partial charge in [0.1, 0.15) is 5.52 Å². The Balaban J connectivity index is 1.76. The van der Waals surface area contributed by atoms with Crippen molar-refractivity contribution in [3.8, 4) is 0 Å². The van der Waals surface area contributed by atoms with Crippen molar-refractivity contribution >= 4 is 22.9 Å². The van der Waals surface area contributed by atoms with E-state index in [1.165, 1.54) is 25.7 Å². The Morgan fingerprint density at radius 1 is 1.30 bits per heavy atom. The molecule has 0 bridgehead atoms. The standard InChI is InChI=1S/C14H20N6/c1-2-15-14-18-12-11(16-8-17-12)13(19-14)20(10-5-6-10)7-9-3-4-9/h8-10H,2-7H2,1H3,(H2,15,16,17,18,19). The van der Waals surface area contributed by atoms with E-state index in [4.69, 9.17) is 4.98 Å². The van der Waals surface area contributed by atoms with Crippen molar-refractivity contribution in [1.29, 1.82) is 0 Å². The van der Waals surface area contributed by atoms with Gasteiger partial charge in [0, 0.05) is 19.1 Å². The van der Waals surface area contributed by atoms with E-state index in [0.717, 1.165) is 36.0 Å². The summed E-state index contributed by atoms with van der Waals surface area (Å²) in [6.07, 6.45) is 6.99. The van der Waals surface area contributed by atoms with Crippen LogP contribution in [0, 0.1) is 5.92 Å². The molecule has 2 aromatic rings. The predicted molar refractivity (Wildman–Crippen MR) is 78.9 cm³/mol. The molecule has 2 N–H and O–H groups in total. The molecule has 4 rings (SSSR count). The lowest BCUT2D eigenvalue weighted by Crippen LogP contribution is -2.29. The topological polar surface area (TPSA) is 69.7 Å². The molecule has 2 saturated carbocycles. The molecule has 0 aromatic carbocycles. The minimum Gasteiger partial charge on any atom is -0.354 e. The second-order valence-electron chi connectivity index (χ2n) is 5.83. The average molecular weight is 272 g/mol. The molecule has 2 aliphatic rings. The van der Waals surface area contributed by atoms with Gasteiger partial charge in [-0.2, -0.15) is 9.97 Å². The third-order valence-corrected chi connectivity index (χ3v) is 4.01. The minimum atomic E-state index is 0.659. The van der Waals surface area contributed by atoms with Gasteiger partial charge in [-0.3, -0.25) is 0 Å². The molecule has 0 aliphatic heterocycles. The first-order valence-electron chi connectivity index (χ1n) is 7.56. The van der Waals surface area contributed by atoms with Crippen LogP contribution in [0.1, 0.15) is 32.6 Å². The van der Waals surface area contributed by atoms with Gasteiger partial charge in [-0.05, 0) is 38.5 Å². The SMILES string of the molecule is CCNc1nc(N(CC2CC2)C2CC2)c2[nH]cnc2n1. The first-order chi connectivity index (χ1) is 9.85. The fraction of sp³-hybridized carbons (Fsp3) is 0.643. The number of anilines is 2. The normalized spacial score (nSPS) is 18.4. The number of rotatable bonds is 6. The third-order valence-electron chi connectivity index (χ3n) is 4.01. The third kappa shape index (κ3) is 2.19. The van der Waals surface area contributed by atoms with Gasteiger partial charge in [-0.25, -0.2) is 4.98 Å². The van der Waals surface area contributed by atoms with E-state index in [1.807, 2.05) is 0 Å². The number of hydrogen-bond acceptors (Lipinski definition) is 5. The maximum Gasteiger partial charge on any atom is 0.226 e. The van der Waals surface area contributed by atoms with Crippen LogP contribution in [0.25, 0.3) is 11.2 Å². The minimum absolute atomic E-state index is 0.659. The van der Waals surface area contributed by atoms with Crippen LogP contribution in [0.5, 0.6) is 0 Å². The summed E-state index contributed by atoms with van der Waals surface area (Å²) >= 11 is 0. The van der Waals surface area contributed by atoms with Gasteiger partial charge in [0.2, 0.25) is 5.95 Å². The summed E-state index contributed by atoms with van der Waals surface area (Å²) < 4.78 is 0. The summed E-state index contributed by atoms with van der Waals surface area (Å²) in [5.74, 6) is 2.56. The van der Waals surface area contributed by atoms with Crippen LogP contribution < -0.4 is 10.2 Å². The highest BCUT2D eigenvalue weighted by atomic mass is 15.3. The first kappa shape index (κ1) is 11.9. The lowest BCUT2D eigenvalue weighted by atomic mass is 10.3. The van der Waals surface area contributed by atoms with Crippen LogP contribution in [0.2, 0.25) is 0 Å². The van der Waals surface area contributed by atoms with E-state index in [9.17, 15) is 0 Å². The number of fused-ring (bicyclic) bond motifs is 1. The van der Waals surface area contributed by atoms with Crippen molar-refractivity contribution in [1.82, 2.24) is 19.9 Å². The van der Waals surface area contributed by atoms with E-state index in [2.05, 4.69) is 32.1 Å². The summed E-state index contributed by atoms with van der Waals surface area (Å²) in [6.45, 7) is 4.00. The lowest BCUT2D eigenvalue weighted by Gasteiger charge is -2.24. The van der Waals surface area contributed by atoms with Crippen molar-refractivity contribution < 1.29 is 0 Å². The van der Waals surface area contributed by atoms with Gasteiger partial charge in [-0.1, -0.05) is 0 Å². The first-order valence-corrected chi connectivity index (χ1v) is 7.56. The Kier molecular flexibility index (Phi) is 2.75. The Morgan fingerprint density at radius 3 is 2.85 bits per heavy atom. The van der Waals surface area contributed by atoms with E-state index in [1.54, 1.807) is 6.33 Å². The highest BCUT2D eigenvalue weighted by Gasteiger charge is 2.35. The molecule has 0 radical (unpaired) electrons. The van der Waals surface area contributed by atoms with E-state index in [0.29, 0.717) is 12.0 Å². The van der Waals surface area contributed by atoms with Crippen LogP contribution in [0.3, 0.4) is 0 Å². The quantitative estimate of drug-likeness (QED) is 0.843. The summed E-state index contributed by atoms with van der Waals surface area (Å²) in [5, 5.41) is 3.21. The smallest absolute Gasteiger partial charge is 0.226 e. The van der Waals surface area contributed by atoms with Crippen molar-refractivity contribution in [3.63, 3.8) is 0 Å². The average Bonchev–Trinajstić information content (AvgIpc) is 3.34. The van der Waals surface area contributed by atoms with Crippen LogP contribution >= 0.6 is 0 Å². The Bertz CT molecular complexity index is 613. The number of aromatic nitrogens is 4. The van der Waals surface area contributed by atoms with Gasteiger partial charge in [0.05, 0.1) is 6.33 Å². The zero-order valence-electron chi connectivity index (χ0n) is 11.8. The van der Waals surface area contributed by atoms with Gasteiger partial charge in [0.15, 0.2) is 11.5 Å². The Labute approximate surface area is 118 Å². The molecular weight excluding hydrogens is 252 g/mol. The number of nitrogens with zero attached hydrogens (tertiary/aromatic N) is 4. The van der Waals surface area contributed by atoms with E-state index >= 15 is 0 Å². The number of imidazole rings is 1. The maximum absolute atomic E-state index is 4.74. The second kappa shape index (κ2) is 4.61. The zero-order valence-corrected chi connectivity index (χ0v) is 11.8. The van der Waals surface area contributed by atoms with Crippen LogP contribution in [-0.4, -0.2) is 39.1 Å². The van der Waals surface area contributed by atoms with Crippen LogP contribution in [-0.2, 0) is 0 Å². The number of hydrogen-bond donors (Lipinski definition) is 2. The van der Waals surface area contributed by atoms with Crippen molar-refractivity contribution in [2.24, 2.45) is 5.92 Å². The van der Waals surface area contributed by atoms with Crippen LogP contribution in [0.15, 0.2) is 6.33 Å². The summed E-state index contributed by atoms with van der Waals surface area (Å²) in [4.78, 5) is 19.2. The fourth-order valence-corrected chi connectivity index (χ4v) is 2.64. The number of H-pyrrole nitrogens is 1. The Hall–Kier alpha value is -1.85. The molecule has 2 fully saturated rings. The summed E-state index contributed by atoms with van der Waals surface area (Å²) in [5.41, 5.74) is 1.73. The molecule has 6 heteroatoms. The molecular formula is C14H20N6. The van der Waals surface area contributed by atoms with Gasteiger partial charge < -0.3 is 15.2 Å². The van der Waals surface area contributed by atoms with Gasteiger partial charge in [0.25, 0.3) is 0 Å². The molecule has 0 unspecified atom stereocenters. The largest absolute Gasteiger partial charge is 0.354 e. The van der Waals surface area contributed by atoms with Crippen molar-refractivity contribution in [2.75, 3.05) is 23.3 Å². The fourth-order valence-electron chi connectivity index (χ4n) is 2.64. The molecule has 2 aliphatic carbocycles. The van der Waals surface area contributed by atoms with E-state index < -0.39 is 0 Å². The molecule has 6 nitrogen and oxygen atoms in total. The van der Waals surface area contributed by atoms with Crippen molar-refractivity contribution in [3.05, 3.63) is 6.33 Å². The number of aromatic amines is 1.